The van der Waals surface area contributed by atoms with Crippen molar-refractivity contribution in [3.63, 3.8) is 0 Å². The Labute approximate surface area is 103 Å². The summed E-state index contributed by atoms with van der Waals surface area (Å²) in [6, 6.07) is 0.123. The maximum atomic E-state index is 13.2. The summed E-state index contributed by atoms with van der Waals surface area (Å²) in [5, 5.41) is 0. The minimum Gasteiger partial charge on any atom is -0.487 e. The van der Waals surface area contributed by atoms with Gasteiger partial charge in [0.25, 0.3) is 0 Å². The molecule has 1 aromatic rings. The van der Waals surface area contributed by atoms with Crippen molar-refractivity contribution >= 4 is 0 Å². The predicted octanol–water partition coefficient (Wildman–Crippen LogP) is 3.14. The van der Waals surface area contributed by atoms with Gasteiger partial charge < -0.3 is 10.5 Å². The normalized spacial score (nSPS) is 12.6. The van der Waals surface area contributed by atoms with E-state index >= 15 is 0 Å². The lowest BCUT2D eigenvalue weighted by Gasteiger charge is -2.11. The molecule has 0 saturated heterocycles. The van der Waals surface area contributed by atoms with E-state index in [0.717, 1.165) is 6.42 Å². The minimum atomic E-state index is -1.52. The molecule has 1 aromatic carbocycles. The van der Waals surface area contributed by atoms with Gasteiger partial charge in [-0.25, -0.2) is 8.78 Å². The van der Waals surface area contributed by atoms with Crippen LogP contribution in [0.3, 0.4) is 0 Å². The van der Waals surface area contributed by atoms with Gasteiger partial charge in [-0.05, 0) is 19.3 Å². The zero-order chi connectivity index (χ0) is 13.7. The fourth-order valence-corrected chi connectivity index (χ4v) is 1.40. The summed E-state index contributed by atoms with van der Waals surface area (Å²) in [5.41, 5.74) is 5.64. The lowest BCUT2D eigenvalue weighted by atomic mass is 10.1. The first-order chi connectivity index (χ1) is 8.47. The Morgan fingerprint density at radius 2 is 1.72 bits per heavy atom. The van der Waals surface area contributed by atoms with Gasteiger partial charge in [0.2, 0.25) is 11.6 Å². The fourth-order valence-electron chi connectivity index (χ4n) is 1.40. The van der Waals surface area contributed by atoms with Crippen molar-refractivity contribution < 1.29 is 22.3 Å². The molecule has 0 aliphatic heterocycles. The number of nitrogens with two attached hydrogens (primary N) is 1. The second-order valence-corrected chi connectivity index (χ2v) is 3.96. The molecule has 2 nitrogen and oxygen atoms in total. The van der Waals surface area contributed by atoms with Gasteiger partial charge in [-0.1, -0.05) is 6.92 Å². The van der Waals surface area contributed by atoms with Crippen molar-refractivity contribution in [1.82, 2.24) is 0 Å². The van der Waals surface area contributed by atoms with Crippen molar-refractivity contribution in [3.8, 4) is 5.75 Å². The Hall–Kier alpha value is -1.30. The number of hydrogen-bond acceptors (Lipinski definition) is 2. The number of rotatable bonds is 6. The van der Waals surface area contributed by atoms with Gasteiger partial charge >= 0.3 is 0 Å². The molecule has 0 radical (unpaired) electrons. The van der Waals surface area contributed by atoms with Crippen LogP contribution in [0.1, 0.15) is 26.2 Å². The van der Waals surface area contributed by atoms with E-state index in [1.165, 1.54) is 0 Å². The summed E-state index contributed by atoms with van der Waals surface area (Å²) in [5.74, 6) is -7.01. The lowest BCUT2D eigenvalue weighted by molar-refractivity contribution is 0.261. The molecule has 102 valence electrons. The molecule has 0 fully saturated rings. The van der Waals surface area contributed by atoms with Crippen LogP contribution >= 0.6 is 0 Å². The second kappa shape index (κ2) is 6.58. The predicted molar refractivity (Wildman–Crippen MR) is 59.3 cm³/mol. The molecular weight excluding hydrogens is 250 g/mol. The Morgan fingerprint density at radius 1 is 1.17 bits per heavy atom. The number of ether oxygens (including phenoxy) is 1. The van der Waals surface area contributed by atoms with Crippen LogP contribution in [0.5, 0.6) is 5.75 Å². The van der Waals surface area contributed by atoms with Gasteiger partial charge in [0.15, 0.2) is 17.4 Å². The molecule has 2 N–H and O–H groups in total. The first kappa shape index (κ1) is 14.8. The first-order valence-electron chi connectivity index (χ1n) is 5.68. The highest BCUT2D eigenvalue weighted by molar-refractivity contribution is 5.28. The molecule has 0 heterocycles. The Kier molecular flexibility index (Phi) is 5.40. The van der Waals surface area contributed by atoms with E-state index < -0.39 is 29.0 Å². The highest BCUT2D eigenvalue weighted by Crippen LogP contribution is 2.26. The maximum Gasteiger partial charge on any atom is 0.203 e. The topological polar surface area (TPSA) is 35.2 Å². The molecule has 1 atom stereocenters. The molecule has 6 heteroatoms. The van der Waals surface area contributed by atoms with Crippen molar-refractivity contribution in [2.24, 2.45) is 5.73 Å². The number of benzene rings is 1. The molecule has 1 rings (SSSR count). The summed E-state index contributed by atoms with van der Waals surface area (Å²) in [7, 11) is 0. The van der Waals surface area contributed by atoms with Gasteiger partial charge in [-0.2, -0.15) is 8.78 Å². The van der Waals surface area contributed by atoms with Gasteiger partial charge in [-0.15, -0.1) is 0 Å². The molecule has 1 unspecified atom stereocenters. The summed E-state index contributed by atoms with van der Waals surface area (Å²) in [6.45, 7) is 1.86. The van der Waals surface area contributed by atoms with E-state index in [1.807, 2.05) is 6.92 Å². The van der Waals surface area contributed by atoms with Gasteiger partial charge in [-0.3, -0.25) is 0 Å². The molecule has 0 aliphatic carbocycles. The average molecular weight is 265 g/mol. The standard InChI is InChI=1S/C12H15F4NO/c1-2-7(17)4-3-5-18-12-10(15)8(13)6-9(14)11(12)16/h6-7H,2-5,17H2,1H3. The summed E-state index contributed by atoms with van der Waals surface area (Å²) < 4.78 is 56.7. The third-order valence-electron chi connectivity index (χ3n) is 2.56. The van der Waals surface area contributed by atoms with Crippen LogP contribution in [0.2, 0.25) is 0 Å². The van der Waals surface area contributed by atoms with Crippen molar-refractivity contribution in [1.29, 1.82) is 0 Å². The van der Waals surface area contributed by atoms with Crippen LogP contribution < -0.4 is 10.5 Å². The molecule has 0 amide bonds. The molecule has 0 aromatic heterocycles. The van der Waals surface area contributed by atoms with E-state index in [2.05, 4.69) is 0 Å². The average Bonchev–Trinajstić information content (AvgIpc) is 2.35. The fraction of sp³-hybridized carbons (Fsp3) is 0.500. The molecular formula is C12H15F4NO. The number of halogens is 4. The third-order valence-corrected chi connectivity index (χ3v) is 2.56. The zero-order valence-corrected chi connectivity index (χ0v) is 9.98. The molecule has 0 aliphatic rings. The summed E-state index contributed by atoms with van der Waals surface area (Å²) in [4.78, 5) is 0. The van der Waals surface area contributed by atoms with E-state index in [1.54, 1.807) is 0 Å². The summed E-state index contributed by atoms with van der Waals surface area (Å²) in [6.07, 6.45) is 1.83. The summed E-state index contributed by atoms with van der Waals surface area (Å²) >= 11 is 0. The van der Waals surface area contributed by atoms with Crippen LogP contribution in [-0.2, 0) is 0 Å². The van der Waals surface area contributed by atoms with Crippen LogP contribution in [0.15, 0.2) is 6.07 Å². The minimum absolute atomic E-state index is 0.0208. The lowest BCUT2D eigenvalue weighted by Crippen LogP contribution is -2.19. The first-order valence-corrected chi connectivity index (χ1v) is 5.68. The highest BCUT2D eigenvalue weighted by Gasteiger charge is 2.20. The Balaban J connectivity index is 2.62. The third kappa shape index (κ3) is 3.60. The highest BCUT2D eigenvalue weighted by atomic mass is 19.2. The van der Waals surface area contributed by atoms with E-state index in [-0.39, 0.29) is 18.7 Å². The Morgan fingerprint density at radius 3 is 2.22 bits per heavy atom. The largest absolute Gasteiger partial charge is 0.487 e. The monoisotopic (exact) mass is 265 g/mol. The van der Waals surface area contributed by atoms with E-state index in [9.17, 15) is 17.6 Å². The molecule has 0 saturated carbocycles. The second-order valence-electron chi connectivity index (χ2n) is 3.96. The van der Waals surface area contributed by atoms with Crippen molar-refractivity contribution in [3.05, 3.63) is 29.3 Å². The smallest absolute Gasteiger partial charge is 0.203 e. The van der Waals surface area contributed by atoms with Crippen molar-refractivity contribution in [2.45, 2.75) is 32.2 Å². The van der Waals surface area contributed by atoms with Crippen LogP contribution in [0.25, 0.3) is 0 Å². The van der Waals surface area contributed by atoms with Gasteiger partial charge in [0.1, 0.15) is 0 Å². The zero-order valence-electron chi connectivity index (χ0n) is 9.98. The number of hydrogen-bond donors (Lipinski definition) is 1. The van der Waals surface area contributed by atoms with Crippen LogP contribution in [0.4, 0.5) is 17.6 Å². The maximum absolute atomic E-state index is 13.2. The molecule has 18 heavy (non-hydrogen) atoms. The van der Waals surface area contributed by atoms with Crippen LogP contribution in [0, 0.1) is 23.3 Å². The SMILES string of the molecule is CCC(N)CCCOc1c(F)c(F)cc(F)c1F. The van der Waals surface area contributed by atoms with Crippen LogP contribution in [-0.4, -0.2) is 12.6 Å². The quantitative estimate of drug-likeness (QED) is 0.487. The van der Waals surface area contributed by atoms with Gasteiger partial charge in [0.05, 0.1) is 6.61 Å². The Bertz CT molecular complexity index is 385. The van der Waals surface area contributed by atoms with Crippen molar-refractivity contribution in [2.75, 3.05) is 6.61 Å². The molecule has 0 spiro atoms. The molecule has 0 bridgehead atoms. The van der Waals surface area contributed by atoms with Gasteiger partial charge in [0, 0.05) is 12.1 Å². The van der Waals surface area contributed by atoms with E-state index in [0.29, 0.717) is 12.8 Å². The van der Waals surface area contributed by atoms with E-state index in [4.69, 9.17) is 10.5 Å².